The number of hydrogen-bond acceptors (Lipinski definition) is 3. The molecule has 16 heavy (non-hydrogen) atoms. The maximum absolute atomic E-state index is 12.1. The number of rotatable bonds is 3. The maximum Gasteiger partial charge on any atom is 0.406 e. The molecule has 0 atom stereocenters. The van der Waals surface area contributed by atoms with E-state index in [1.165, 1.54) is 19.5 Å². The van der Waals surface area contributed by atoms with Crippen molar-refractivity contribution in [2.24, 2.45) is 0 Å². The Morgan fingerprint density at radius 1 is 1.62 bits per heavy atom. The molecule has 0 bridgehead atoms. The van der Waals surface area contributed by atoms with Crippen LogP contribution in [0, 0.1) is 0 Å². The fourth-order valence-electron chi connectivity index (χ4n) is 1.02. The quantitative estimate of drug-likeness (QED) is 0.589. The van der Waals surface area contributed by atoms with Gasteiger partial charge < -0.3 is 9.30 Å². The lowest BCUT2D eigenvalue weighted by Gasteiger charge is -2.08. The van der Waals surface area contributed by atoms with Gasteiger partial charge >= 0.3 is 12.1 Å². The van der Waals surface area contributed by atoms with Crippen molar-refractivity contribution < 1.29 is 22.7 Å². The van der Waals surface area contributed by atoms with E-state index in [4.69, 9.17) is 0 Å². The summed E-state index contributed by atoms with van der Waals surface area (Å²) in [6.45, 7) is -1.14. The predicted molar refractivity (Wildman–Crippen MR) is 49.3 cm³/mol. The number of methoxy groups -OCH3 is 1. The molecule has 1 heterocycles. The molecule has 1 aromatic rings. The number of carbonyl (C=O) groups excluding carboxylic acids is 1. The minimum atomic E-state index is -4.32. The van der Waals surface area contributed by atoms with Gasteiger partial charge in [-0.05, 0) is 6.08 Å². The van der Waals surface area contributed by atoms with Crippen LogP contribution in [0.2, 0.25) is 0 Å². The topological polar surface area (TPSA) is 44.1 Å². The Morgan fingerprint density at radius 3 is 2.88 bits per heavy atom. The number of esters is 1. The zero-order valence-corrected chi connectivity index (χ0v) is 8.36. The Morgan fingerprint density at radius 2 is 2.31 bits per heavy atom. The average molecular weight is 234 g/mol. The highest BCUT2D eigenvalue weighted by Crippen LogP contribution is 2.18. The average Bonchev–Trinajstić information content (AvgIpc) is 2.59. The van der Waals surface area contributed by atoms with Crippen LogP contribution in [-0.4, -0.2) is 28.8 Å². The molecule has 4 nitrogen and oxygen atoms in total. The summed E-state index contributed by atoms with van der Waals surface area (Å²) in [5, 5.41) is 0. The molecular weight excluding hydrogens is 225 g/mol. The van der Waals surface area contributed by atoms with E-state index >= 15 is 0 Å². The van der Waals surface area contributed by atoms with Crippen molar-refractivity contribution in [3.05, 3.63) is 24.3 Å². The summed E-state index contributed by atoms with van der Waals surface area (Å²) in [4.78, 5) is 14.4. The fraction of sp³-hybridized carbons (Fsp3) is 0.333. The molecule has 0 fully saturated rings. The number of hydrogen-bond donors (Lipinski definition) is 0. The Kier molecular flexibility index (Phi) is 3.70. The summed E-state index contributed by atoms with van der Waals surface area (Å²) in [5.74, 6) is -0.607. The number of ether oxygens (including phenoxy) is 1. The standard InChI is InChI=1S/C9H9F3N2O2/c1-16-8(15)3-2-7-13-4-5-14(7)6-9(10,11)12/h2-5H,6H2,1H3/b3-2+. The van der Waals surface area contributed by atoms with Gasteiger partial charge in [0.1, 0.15) is 12.4 Å². The first-order valence-corrected chi connectivity index (χ1v) is 4.26. The molecule has 0 N–H and O–H groups in total. The highest BCUT2D eigenvalue weighted by atomic mass is 19.4. The SMILES string of the molecule is COC(=O)/C=C/c1nccn1CC(F)(F)F. The van der Waals surface area contributed by atoms with Gasteiger partial charge in [0, 0.05) is 18.5 Å². The molecule has 1 rings (SSSR count). The normalized spacial score (nSPS) is 12.0. The van der Waals surface area contributed by atoms with E-state index in [0.29, 0.717) is 0 Å². The molecule has 0 saturated carbocycles. The van der Waals surface area contributed by atoms with Crippen LogP contribution in [0.15, 0.2) is 18.5 Å². The summed E-state index contributed by atoms with van der Waals surface area (Å²) >= 11 is 0. The highest BCUT2D eigenvalue weighted by Gasteiger charge is 2.28. The lowest BCUT2D eigenvalue weighted by atomic mass is 10.4. The van der Waals surface area contributed by atoms with E-state index in [9.17, 15) is 18.0 Å². The molecule has 0 amide bonds. The molecule has 0 radical (unpaired) electrons. The van der Waals surface area contributed by atoms with Crippen LogP contribution in [-0.2, 0) is 16.1 Å². The van der Waals surface area contributed by atoms with Gasteiger partial charge in [-0.3, -0.25) is 0 Å². The fourth-order valence-corrected chi connectivity index (χ4v) is 1.02. The van der Waals surface area contributed by atoms with Gasteiger partial charge in [-0.25, -0.2) is 9.78 Å². The highest BCUT2D eigenvalue weighted by molar-refractivity contribution is 5.86. The second-order valence-electron chi connectivity index (χ2n) is 2.89. The number of carbonyl (C=O) groups is 1. The minimum absolute atomic E-state index is 0.0442. The smallest absolute Gasteiger partial charge is 0.406 e. The first-order chi connectivity index (χ1) is 7.42. The van der Waals surface area contributed by atoms with E-state index in [2.05, 4.69) is 9.72 Å². The van der Waals surface area contributed by atoms with Gasteiger partial charge in [0.05, 0.1) is 7.11 Å². The zero-order valence-electron chi connectivity index (χ0n) is 8.36. The summed E-state index contributed by atoms with van der Waals surface area (Å²) in [7, 11) is 1.18. The lowest BCUT2D eigenvalue weighted by Crippen LogP contribution is -2.18. The van der Waals surface area contributed by atoms with E-state index in [0.717, 1.165) is 16.7 Å². The maximum atomic E-state index is 12.1. The molecule has 88 valence electrons. The van der Waals surface area contributed by atoms with Crippen LogP contribution < -0.4 is 0 Å². The van der Waals surface area contributed by atoms with E-state index in [1.54, 1.807) is 0 Å². The third-order valence-corrected chi connectivity index (χ3v) is 1.67. The van der Waals surface area contributed by atoms with E-state index in [1.807, 2.05) is 0 Å². The molecule has 0 saturated heterocycles. The van der Waals surface area contributed by atoms with Crippen molar-refractivity contribution >= 4 is 12.0 Å². The molecule has 0 aliphatic carbocycles. The molecular formula is C9H9F3N2O2. The molecule has 0 aromatic carbocycles. The molecule has 7 heteroatoms. The molecule has 0 aliphatic rings. The largest absolute Gasteiger partial charge is 0.466 e. The predicted octanol–water partition coefficient (Wildman–Crippen LogP) is 1.63. The van der Waals surface area contributed by atoms with Crippen molar-refractivity contribution in [1.29, 1.82) is 0 Å². The van der Waals surface area contributed by atoms with Crippen LogP contribution in [0.1, 0.15) is 5.82 Å². The van der Waals surface area contributed by atoms with Crippen LogP contribution >= 0.6 is 0 Å². The van der Waals surface area contributed by atoms with Gasteiger partial charge in [-0.15, -0.1) is 0 Å². The summed E-state index contributed by atoms with van der Waals surface area (Å²) in [5.41, 5.74) is 0. The van der Waals surface area contributed by atoms with Crippen LogP contribution in [0.3, 0.4) is 0 Å². The molecule has 1 aromatic heterocycles. The van der Waals surface area contributed by atoms with E-state index < -0.39 is 18.7 Å². The second-order valence-corrected chi connectivity index (χ2v) is 2.89. The first kappa shape index (κ1) is 12.3. The summed E-state index contributed by atoms with van der Waals surface area (Å²) in [6.07, 6.45) is 0.258. The number of alkyl halides is 3. The van der Waals surface area contributed by atoms with Gasteiger partial charge in [0.25, 0.3) is 0 Å². The number of nitrogens with zero attached hydrogens (tertiary/aromatic N) is 2. The van der Waals surface area contributed by atoms with Crippen LogP contribution in [0.5, 0.6) is 0 Å². The zero-order chi connectivity index (χ0) is 12.2. The third-order valence-electron chi connectivity index (χ3n) is 1.67. The number of imidazole rings is 1. The van der Waals surface area contributed by atoms with Crippen molar-refractivity contribution in [1.82, 2.24) is 9.55 Å². The Labute approximate surface area is 89.3 Å². The van der Waals surface area contributed by atoms with Gasteiger partial charge in [-0.2, -0.15) is 13.2 Å². The minimum Gasteiger partial charge on any atom is -0.466 e. The monoisotopic (exact) mass is 234 g/mol. The Bertz CT molecular complexity index is 396. The lowest BCUT2D eigenvalue weighted by molar-refractivity contribution is -0.140. The van der Waals surface area contributed by atoms with Gasteiger partial charge in [0.15, 0.2) is 0 Å². The first-order valence-electron chi connectivity index (χ1n) is 4.26. The van der Waals surface area contributed by atoms with E-state index in [-0.39, 0.29) is 5.82 Å². The summed E-state index contributed by atoms with van der Waals surface area (Å²) < 4.78 is 41.5. The van der Waals surface area contributed by atoms with Crippen molar-refractivity contribution in [2.75, 3.05) is 7.11 Å². The Balaban J connectivity index is 2.79. The molecule has 0 spiro atoms. The van der Waals surface area contributed by atoms with Crippen LogP contribution in [0.25, 0.3) is 6.08 Å². The van der Waals surface area contributed by atoms with Crippen LogP contribution in [0.4, 0.5) is 13.2 Å². The Hall–Kier alpha value is -1.79. The second kappa shape index (κ2) is 4.82. The molecule has 0 aliphatic heterocycles. The summed E-state index contributed by atoms with van der Waals surface area (Å²) in [6, 6.07) is 0. The van der Waals surface area contributed by atoms with Gasteiger partial charge in [-0.1, -0.05) is 0 Å². The van der Waals surface area contributed by atoms with Crippen molar-refractivity contribution in [2.45, 2.75) is 12.7 Å². The number of aromatic nitrogens is 2. The van der Waals surface area contributed by atoms with Crippen molar-refractivity contribution in [3.63, 3.8) is 0 Å². The molecule has 0 unspecified atom stereocenters. The van der Waals surface area contributed by atoms with Gasteiger partial charge in [0.2, 0.25) is 0 Å². The third kappa shape index (κ3) is 3.76. The number of halogens is 3. The van der Waals surface area contributed by atoms with Crippen molar-refractivity contribution in [3.8, 4) is 0 Å².